The summed E-state index contributed by atoms with van der Waals surface area (Å²) in [6, 6.07) is 7.86. The second-order valence-corrected chi connectivity index (χ2v) is 8.63. The van der Waals surface area contributed by atoms with E-state index in [0.29, 0.717) is 16.1 Å². The molecule has 7 heteroatoms. The van der Waals surface area contributed by atoms with Gasteiger partial charge in [-0.25, -0.2) is 4.98 Å². The van der Waals surface area contributed by atoms with Crippen molar-refractivity contribution < 1.29 is 9.90 Å². The van der Waals surface area contributed by atoms with Crippen molar-refractivity contribution in [2.45, 2.75) is 26.2 Å². The third kappa shape index (κ3) is 3.70. The highest BCUT2D eigenvalue weighted by Gasteiger charge is 2.21. The van der Waals surface area contributed by atoms with Crippen LogP contribution in [0.1, 0.15) is 33.8 Å². The zero-order chi connectivity index (χ0) is 19.0. The number of thioether (sulfide) groups is 1. The van der Waals surface area contributed by atoms with Crippen LogP contribution in [-0.4, -0.2) is 21.7 Å². The summed E-state index contributed by atoms with van der Waals surface area (Å²) in [5, 5.41) is 11.6. The number of thiophene rings is 1. The summed E-state index contributed by atoms with van der Waals surface area (Å²) in [5.41, 5.74) is 3.02. The smallest absolute Gasteiger partial charge is 0.260 e. The van der Waals surface area contributed by atoms with Crippen molar-refractivity contribution >= 4 is 50.3 Å². The second kappa shape index (κ2) is 7.32. The second-order valence-electron chi connectivity index (χ2n) is 6.53. The molecule has 0 saturated carbocycles. The van der Waals surface area contributed by atoms with E-state index in [9.17, 15) is 14.7 Å². The molecule has 4 rings (SSSR count). The van der Waals surface area contributed by atoms with Crippen LogP contribution in [0.3, 0.4) is 0 Å². The molecular weight excluding hydrogens is 380 g/mol. The molecule has 1 aromatic carbocycles. The molecule has 3 aromatic rings. The van der Waals surface area contributed by atoms with E-state index >= 15 is 0 Å². The molecule has 27 heavy (non-hydrogen) atoms. The van der Waals surface area contributed by atoms with Crippen LogP contribution in [-0.2, 0) is 17.6 Å². The largest absolute Gasteiger partial charge is 0.549 e. The summed E-state index contributed by atoms with van der Waals surface area (Å²) in [7, 11) is 0. The van der Waals surface area contributed by atoms with Crippen molar-refractivity contribution in [3.8, 4) is 0 Å². The van der Waals surface area contributed by atoms with Gasteiger partial charge in [0.15, 0.2) is 0 Å². The highest BCUT2D eigenvalue weighted by atomic mass is 32.2. The number of aliphatic carboxylic acids is 1. The topological polar surface area (TPSA) is 85.9 Å². The Balaban J connectivity index is 1.80. The van der Waals surface area contributed by atoms with E-state index in [0.717, 1.165) is 52.5 Å². The molecule has 0 fully saturated rings. The number of nitrogens with zero attached hydrogens (tertiary/aromatic N) is 1. The number of aryl methyl sites for hydroxylation is 3. The predicted molar refractivity (Wildman–Crippen MR) is 109 cm³/mol. The number of nitrogens with one attached hydrogen (secondary N) is 1. The lowest BCUT2D eigenvalue weighted by atomic mass is 10.1. The Morgan fingerprint density at radius 1 is 1.33 bits per heavy atom. The van der Waals surface area contributed by atoms with Gasteiger partial charge < -0.3 is 14.9 Å². The maximum absolute atomic E-state index is 12.7. The van der Waals surface area contributed by atoms with Gasteiger partial charge in [0.05, 0.1) is 16.3 Å². The fourth-order valence-corrected chi connectivity index (χ4v) is 5.24. The number of H-pyrrole nitrogens is 1. The molecule has 0 unspecified atom stereocenters. The van der Waals surface area contributed by atoms with Gasteiger partial charge in [0.25, 0.3) is 5.56 Å². The van der Waals surface area contributed by atoms with E-state index in [1.807, 2.05) is 37.3 Å². The SMILES string of the molecule is Cc1ccc(/C=C(\SCC(=O)[O-])c2nc3sc4c(c3c(=O)[nH]2)CCC4)cc1. The maximum atomic E-state index is 12.7. The van der Waals surface area contributed by atoms with Crippen LogP contribution in [0.15, 0.2) is 29.1 Å². The van der Waals surface area contributed by atoms with Gasteiger partial charge >= 0.3 is 0 Å². The molecule has 0 atom stereocenters. The number of aromatic nitrogens is 2. The summed E-state index contributed by atoms with van der Waals surface area (Å²) in [6.45, 7) is 2.00. The van der Waals surface area contributed by atoms with Crippen molar-refractivity contribution in [2.24, 2.45) is 0 Å². The average molecular weight is 398 g/mol. The van der Waals surface area contributed by atoms with Crippen molar-refractivity contribution in [2.75, 3.05) is 5.75 Å². The predicted octanol–water partition coefficient (Wildman–Crippen LogP) is 2.76. The lowest BCUT2D eigenvalue weighted by molar-refractivity contribution is -0.301. The molecule has 0 aliphatic heterocycles. The van der Waals surface area contributed by atoms with Crippen LogP contribution in [0.5, 0.6) is 0 Å². The lowest BCUT2D eigenvalue weighted by Crippen LogP contribution is -2.24. The molecule has 1 aliphatic rings. The van der Waals surface area contributed by atoms with E-state index in [2.05, 4.69) is 9.97 Å². The van der Waals surface area contributed by atoms with Crippen LogP contribution < -0.4 is 10.7 Å². The fraction of sp³-hybridized carbons (Fsp3) is 0.250. The molecule has 5 nitrogen and oxygen atoms in total. The number of carboxylic acids is 1. The van der Waals surface area contributed by atoms with E-state index in [1.165, 1.54) is 4.88 Å². The van der Waals surface area contributed by atoms with Crippen LogP contribution in [0.2, 0.25) is 0 Å². The van der Waals surface area contributed by atoms with Gasteiger partial charge in [0, 0.05) is 10.6 Å². The summed E-state index contributed by atoms with van der Waals surface area (Å²) in [6.07, 6.45) is 4.85. The van der Waals surface area contributed by atoms with Crippen molar-refractivity contribution in [1.29, 1.82) is 0 Å². The molecule has 0 saturated heterocycles. The normalized spacial score (nSPS) is 13.9. The van der Waals surface area contributed by atoms with E-state index in [4.69, 9.17) is 0 Å². The minimum absolute atomic E-state index is 0.154. The van der Waals surface area contributed by atoms with Gasteiger partial charge in [0.2, 0.25) is 0 Å². The Kier molecular flexibility index (Phi) is 4.88. The first-order valence-corrected chi connectivity index (χ1v) is 10.5. The highest BCUT2D eigenvalue weighted by Crippen LogP contribution is 2.36. The Morgan fingerprint density at radius 3 is 2.85 bits per heavy atom. The van der Waals surface area contributed by atoms with Crippen molar-refractivity contribution in [3.05, 3.63) is 62.0 Å². The van der Waals surface area contributed by atoms with Gasteiger partial charge in [-0.3, -0.25) is 4.79 Å². The highest BCUT2D eigenvalue weighted by molar-refractivity contribution is 8.09. The van der Waals surface area contributed by atoms with Gasteiger partial charge in [0.1, 0.15) is 10.7 Å². The summed E-state index contributed by atoms with van der Waals surface area (Å²) in [4.78, 5) is 33.7. The number of hydrogen-bond donors (Lipinski definition) is 1. The standard InChI is InChI=1S/C20H18N2O3S2/c1-11-5-7-12(8-6-11)9-15(26-10-16(23)24)18-21-19(25)17-13-3-2-4-14(13)27-20(17)22-18/h5-9H,2-4,10H2,1H3,(H,23,24)(H,21,22,25)/p-1/b15-9-. The first-order chi connectivity index (χ1) is 13.0. The van der Waals surface area contributed by atoms with E-state index in [1.54, 1.807) is 11.3 Å². The summed E-state index contributed by atoms with van der Waals surface area (Å²) < 4.78 is 0. The summed E-state index contributed by atoms with van der Waals surface area (Å²) >= 11 is 2.67. The van der Waals surface area contributed by atoms with Gasteiger partial charge in [-0.2, -0.15) is 0 Å². The molecule has 0 bridgehead atoms. The molecule has 2 aromatic heterocycles. The zero-order valence-electron chi connectivity index (χ0n) is 14.7. The van der Waals surface area contributed by atoms with Crippen molar-refractivity contribution in [1.82, 2.24) is 9.97 Å². The fourth-order valence-electron chi connectivity index (χ4n) is 3.25. The number of hydrogen-bond acceptors (Lipinski definition) is 6. The monoisotopic (exact) mass is 397 g/mol. The molecule has 2 heterocycles. The number of aromatic amines is 1. The third-order valence-corrected chi connectivity index (χ3v) is 6.72. The Labute approximate surface area is 164 Å². The number of carboxylic acid groups (broad SMARTS) is 1. The number of benzene rings is 1. The van der Waals surface area contributed by atoms with Gasteiger partial charge in [-0.1, -0.05) is 29.8 Å². The first kappa shape index (κ1) is 18.0. The average Bonchev–Trinajstić information content (AvgIpc) is 3.20. The molecule has 1 aliphatic carbocycles. The van der Waals surface area contributed by atoms with E-state index in [-0.39, 0.29) is 11.3 Å². The third-order valence-electron chi connectivity index (χ3n) is 4.53. The molecular formula is C20H17N2O3S2-. The number of rotatable bonds is 5. The van der Waals surface area contributed by atoms with Crippen LogP contribution in [0, 0.1) is 6.92 Å². The van der Waals surface area contributed by atoms with Gasteiger partial charge in [-0.15, -0.1) is 23.1 Å². The van der Waals surface area contributed by atoms with Crippen molar-refractivity contribution in [3.63, 3.8) is 0 Å². The number of carbonyl (C=O) groups is 1. The van der Waals surface area contributed by atoms with E-state index < -0.39 is 5.97 Å². The minimum atomic E-state index is -1.16. The number of carbonyl (C=O) groups excluding carboxylic acids is 1. The Bertz CT molecular complexity index is 1110. The Hall–Kier alpha value is -2.38. The zero-order valence-corrected chi connectivity index (χ0v) is 16.3. The molecule has 1 N–H and O–H groups in total. The molecule has 0 spiro atoms. The number of fused-ring (bicyclic) bond motifs is 3. The van der Waals surface area contributed by atoms with Crippen LogP contribution in [0.25, 0.3) is 21.2 Å². The maximum Gasteiger partial charge on any atom is 0.260 e. The summed E-state index contributed by atoms with van der Waals surface area (Å²) in [5.74, 6) is -0.965. The minimum Gasteiger partial charge on any atom is -0.549 e. The lowest BCUT2D eigenvalue weighted by Gasteiger charge is -2.08. The van der Waals surface area contributed by atoms with Gasteiger partial charge in [-0.05, 0) is 43.4 Å². The quantitative estimate of drug-likeness (QED) is 0.715. The molecule has 0 amide bonds. The Morgan fingerprint density at radius 2 is 2.11 bits per heavy atom. The van der Waals surface area contributed by atoms with Crippen LogP contribution in [0.4, 0.5) is 0 Å². The first-order valence-electron chi connectivity index (χ1n) is 8.67. The molecule has 0 radical (unpaired) electrons. The van der Waals surface area contributed by atoms with Crippen LogP contribution >= 0.6 is 23.1 Å². The molecule has 138 valence electrons.